The maximum absolute atomic E-state index is 12.7. The molecule has 0 saturated carbocycles. The van der Waals surface area contributed by atoms with Gasteiger partial charge in [-0.3, -0.25) is 0 Å². The third-order valence-corrected chi connectivity index (χ3v) is 3.33. The van der Waals surface area contributed by atoms with Crippen molar-refractivity contribution in [2.45, 2.75) is 24.0 Å². The van der Waals surface area contributed by atoms with E-state index in [1.54, 1.807) is 0 Å². The van der Waals surface area contributed by atoms with Crippen LogP contribution < -0.4 is 0 Å². The predicted molar refractivity (Wildman–Crippen MR) is 56.3 cm³/mol. The highest BCUT2D eigenvalue weighted by Crippen LogP contribution is 2.41. The van der Waals surface area contributed by atoms with Crippen molar-refractivity contribution in [1.82, 2.24) is 0 Å². The molecular weight excluding hydrogens is 371 g/mol. The van der Waals surface area contributed by atoms with Gasteiger partial charge in [-0.15, -0.1) is 0 Å². The van der Waals surface area contributed by atoms with Crippen molar-refractivity contribution in [2.24, 2.45) is 0 Å². The Bertz CT molecular complexity index is 657. The fourth-order valence-corrected chi connectivity index (χ4v) is 1.94. The molecule has 23 heavy (non-hydrogen) atoms. The van der Waals surface area contributed by atoms with Crippen LogP contribution in [0, 0.1) is 0 Å². The minimum atomic E-state index is -6.68. The molecule has 1 unspecified atom stereocenters. The maximum Gasteiger partial charge on any atom is 0.523 e. The number of hydrogen-bond donors (Lipinski definition) is 0. The van der Waals surface area contributed by atoms with E-state index in [4.69, 9.17) is 0 Å². The van der Waals surface area contributed by atoms with Crippen LogP contribution in [0.1, 0.15) is 17.2 Å². The van der Waals surface area contributed by atoms with E-state index in [9.17, 15) is 47.9 Å². The first-order valence-corrected chi connectivity index (χ1v) is 6.70. The van der Waals surface area contributed by atoms with Gasteiger partial charge < -0.3 is 0 Å². The average Bonchev–Trinajstić information content (AvgIpc) is 2.32. The fraction of sp³-hybridized carbons (Fsp3) is 0.400. The molecule has 1 atom stereocenters. The van der Waals surface area contributed by atoms with Crippen LogP contribution in [0.2, 0.25) is 0 Å². The summed E-state index contributed by atoms with van der Waals surface area (Å²) in [4.78, 5) is 0. The molecule has 132 valence electrons. The van der Waals surface area contributed by atoms with E-state index in [0.717, 1.165) is 0 Å². The standard InChI is InChI=1S/C10H5F9O3S/c11-8(12,13)6-3-1-2-5(4-6)7(9(14,15)16)22-23(20,21)10(17,18)19/h1-4,7H. The summed E-state index contributed by atoms with van der Waals surface area (Å²) in [6.45, 7) is 0. The molecule has 0 N–H and O–H groups in total. The van der Waals surface area contributed by atoms with Crippen LogP contribution in [0.4, 0.5) is 39.5 Å². The van der Waals surface area contributed by atoms with E-state index in [1.165, 1.54) is 0 Å². The molecule has 0 amide bonds. The van der Waals surface area contributed by atoms with Crippen LogP contribution in [0.25, 0.3) is 0 Å². The summed E-state index contributed by atoms with van der Waals surface area (Å²) >= 11 is 0. The van der Waals surface area contributed by atoms with Crippen molar-refractivity contribution in [3.05, 3.63) is 35.4 Å². The van der Waals surface area contributed by atoms with Gasteiger partial charge in [0.05, 0.1) is 5.56 Å². The lowest BCUT2D eigenvalue weighted by Gasteiger charge is -2.22. The number of alkyl halides is 9. The maximum atomic E-state index is 12.7. The van der Waals surface area contributed by atoms with Gasteiger partial charge in [0.1, 0.15) is 0 Å². The lowest BCUT2D eigenvalue weighted by atomic mass is 10.1. The first-order valence-electron chi connectivity index (χ1n) is 5.29. The Labute approximate surface area is 122 Å². The highest BCUT2D eigenvalue weighted by atomic mass is 32.2. The largest absolute Gasteiger partial charge is 0.523 e. The third kappa shape index (κ3) is 4.73. The fourth-order valence-electron chi connectivity index (χ4n) is 1.36. The van der Waals surface area contributed by atoms with Gasteiger partial charge in [0.2, 0.25) is 0 Å². The number of rotatable bonds is 3. The summed E-state index contributed by atoms with van der Waals surface area (Å²) in [5.74, 6) is 0. The Kier molecular flexibility index (Phi) is 4.97. The first kappa shape index (κ1) is 19.5. The minimum Gasteiger partial charge on any atom is -0.245 e. The van der Waals surface area contributed by atoms with Crippen LogP contribution in [-0.2, 0) is 20.5 Å². The van der Waals surface area contributed by atoms with Gasteiger partial charge in [-0.05, 0) is 17.7 Å². The van der Waals surface area contributed by atoms with Crippen molar-refractivity contribution in [1.29, 1.82) is 0 Å². The topological polar surface area (TPSA) is 43.4 Å². The zero-order valence-corrected chi connectivity index (χ0v) is 11.2. The van der Waals surface area contributed by atoms with Gasteiger partial charge in [0.25, 0.3) is 0 Å². The molecule has 3 nitrogen and oxygen atoms in total. The molecule has 1 aromatic carbocycles. The molecule has 0 bridgehead atoms. The quantitative estimate of drug-likeness (QED) is 0.452. The van der Waals surface area contributed by atoms with E-state index < -0.39 is 45.2 Å². The lowest BCUT2D eigenvalue weighted by molar-refractivity contribution is -0.200. The predicted octanol–water partition coefficient (Wildman–Crippen LogP) is 4.18. The molecule has 0 radical (unpaired) electrons. The Balaban J connectivity index is 3.36. The zero-order chi connectivity index (χ0) is 18.3. The summed E-state index contributed by atoms with van der Waals surface area (Å²) in [7, 11) is -6.68. The van der Waals surface area contributed by atoms with Crippen LogP contribution in [0.3, 0.4) is 0 Å². The summed E-state index contributed by atoms with van der Waals surface area (Å²) in [6.07, 6.45) is -14.5. The second kappa shape index (κ2) is 5.85. The molecule has 0 aliphatic rings. The van der Waals surface area contributed by atoms with Gasteiger partial charge in [-0.2, -0.15) is 47.9 Å². The number of hydrogen-bond acceptors (Lipinski definition) is 3. The Morgan fingerprint density at radius 3 is 1.83 bits per heavy atom. The molecule has 0 heterocycles. The molecule has 0 aromatic heterocycles. The number of halogens is 9. The smallest absolute Gasteiger partial charge is 0.245 e. The molecule has 0 fully saturated rings. The van der Waals surface area contributed by atoms with Crippen LogP contribution in [0.15, 0.2) is 24.3 Å². The van der Waals surface area contributed by atoms with Crippen molar-refractivity contribution in [3.63, 3.8) is 0 Å². The van der Waals surface area contributed by atoms with Crippen molar-refractivity contribution >= 4 is 10.1 Å². The Morgan fingerprint density at radius 2 is 1.43 bits per heavy atom. The van der Waals surface area contributed by atoms with Gasteiger partial charge in [0.15, 0.2) is 6.10 Å². The first-order chi connectivity index (χ1) is 10.1. The molecule has 1 rings (SSSR count). The van der Waals surface area contributed by atoms with Crippen LogP contribution >= 0.6 is 0 Å². The normalized spacial score (nSPS) is 15.5. The van der Waals surface area contributed by atoms with Crippen molar-refractivity contribution < 1.29 is 52.1 Å². The highest BCUT2D eigenvalue weighted by Gasteiger charge is 2.54. The summed E-state index contributed by atoms with van der Waals surface area (Å²) in [5, 5.41) is 0. The van der Waals surface area contributed by atoms with Gasteiger partial charge in [0, 0.05) is 0 Å². The SMILES string of the molecule is O=S(=O)(OC(c1cccc(C(F)(F)F)c1)C(F)(F)F)C(F)(F)F. The highest BCUT2D eigenvalue weighted by molar-refractivity contribution is 7.87. The molecule has 1 aromatic rings. The Hall–Kier alpha value is -1.50. The molecule has 13 heteroatoms. The summed E-state index contributed by atoms with van der Waals surface area (Å²) in [5.41, 5.74) is -9.23. The van der Waals surface area contributed by atoms with Gasteiger partial charge in [-0.25, -0.2) is 4.18 Å². The Morgan fingerprint density at radius 1 is 0.913 bits per heavy atom. The van der Waals surface area contributed by atoms with Gasteiger partial charge in [-0.1, -0.05) is 12.1 Å². The second-order valence-corrected chi connectivity index (χ2v) is 5.60. The monoisotopic (exact) mass is 376 g/mol. The van der Waals surface area contributed by atoms with E-state index in [2.05, 4.69) is 4.18 Å². The van der Waals surface area contributed by atoms with E-state index in [-0.39, 0.29) is 6.07 Å². The van der Waals surface area contributed by atoms with E-state index in [1.807, 2.05) is 0 Å². The zero-order valence-electron chi connectivity index (χ0n) is 10.4. The third-order valence-electron chi connectivity index (χ3n) is 2.32. The van der Waals surface area contributed by atoms with E-state index in [0.29, 0.717) is 18.2 Å². The van der Waals surface area contributed by atoms with E-state index >= 15 is 0 Å². The molecule has 0 spiro atoms. The lowest BCUT2D eigenvalue weighted by Crippen LogP contribution is -2.33. The number of benzene rings is 1. The molecule has 0 aliphatic carbocycles. The average molecular weight is 376 g/mol. The van der Waals surface area contributed by atoms with Crippen LogP contribution in [-0.4, -0.2) is 20.1 Å². The summed E-state index contributed by atoms with van der Waals surface area (Å²) in [6, 6.07) is 1.04. The molecule has 0 saturated heterocycles. The van der Waals surface area contributed by atoms with Crippen molar-refractivity contribution in [2.75, 3.05) is 0 Å². The molecular formula is C10H5F9O3S. The van der Waals surface area contributed by atoms with Gasteiger partial charge >= 0.3 is 28.0 Å². The minimum absolute atomic E-state index is 0.149. The van der Waals surface area contributed by atoms with Crippen LogP contribution in [0.5, 0.6) is 0 Å². The second-order valence-electron chi connectivity index (χ2n) is 4.04. The van der Waals surface area contributed by atoms with Crippen molar-refractivity contribution in [3.8, 4) is 0 Å². The summed E-state index contributed by atoms with van der Waals surface area (Å²) < 4.78 is 136. The molecule has 0 aliphatic heterocycles.